The van der Waals surface area contributed by atoms with Gasteiger partial charge in [0.15, 0.2) is 0 Å². The van der Waals surface area contributed by atoms with Gasteiger partial charge in [-0.3, -0.25) is 14.9 Å². The molecule has 2 aromatic carbocycles. The molecule has 0 unspecified atom stereocenters. The number of hydrogen-bond acceptors (Lipinski definition) is 6. The third-order valence-electron chi connectivity index (χ3n) is 4.44. The molecule has 0 saturated carbocycles. The number of carbonyl (C=O) groups is 3. The average molecular weight is 396 g/mol. The van der Waals surface area contributed by atoms with Gasteiger partial charge in [-0.2, -0.15) is 0 Å². The van der Waals surface area contributed by atoms with E-state index in [0.29, 0.717) is 28.5 Å². The fourth-order valence-corrected chi connectivity index (χ4v) is 2.91. The van der Waals surface area contributed by atoms with Crippen LogP contribution < -0.4 is 24.4 Å². The maximum Gasteiger partial charge on any atom is 0.335 e. The lowest BCUT2D eigenvalue weighted by atomic mass is 10.0. The van der Waals surface area contributed by atoms with Crippen LogP contribution in [0.15, 0.2) is 42.0 Å². The summed E-state index contributed by atoms with van der Waals surface area (Å²) >= 11 is 0. The summed E-state index contributed by atoms with van der Waals surface area (Å²) in [5, 5.41) is 2.19. The van der Waals surface area contributed by atoms with E-state index < -0.39 is 17.8 Å². The molecule has 8 heteroatoms. The van der Waals surface area contributed by atoms with E-state index in [1.54, 1.807) is 36.4 Å². The maximum atomic E-state index is 13.0. The highest BCUT2D eigenvalue weighted by Crippen LogP contribution is 2.36. The molecule has 150 valence electrons. The molecule has 0 atom stereocenters. The number of ether oxygens (including phenoxy) is 3. The van der Waals surface area contributed by atoms with Gasteiger partial charge in [-0.25, -0.2) is 9.69 Å². The number of urea groups is 1. The van der Waals surface area contributed by atoms with Crippen LogP contribution in [0.5, 0.6) is 17.2 Å². The lowest BCUT2D eigenvalue weighted by Gasteiger charge is -2.26. The Hall–Kier alpha value is -3.81. The lowest BCUT2D eigenvalue weighted by molar-refractivity contribution is -0.122. The van der Waals surface area contributed by atoms with Crippen molar-refractivity contribution in [3.8, 4) is 17.2 Å². The first kappa shape index (κ1) is 19.9. The quantitative estimate of drug-likeness (QED) is 0.617. The molecular formula is C21H20N2O6. The van der Waals surface area contributed by atoms with Crippen molar-refractivity contribution in [2.24, 2.45) is 0 Å². The molecule has 1 saturated heterocycles. The molecule has 1 aliphatic rings. The van der Waals surface area contributed by atoms with Crippen LogP contribution in [-0.4, -0.2) is 39.2 Å². The summed E-state index contributed by atoms with van der Waals surface area (Å²) in [6, 6.07) is 9.20. The molecule has 1 N–H and O–H groups in total. The number of aryl methyl sites for hydroxylation is 1. The Balaban J connectivity index is 2.11. The summed E-state index contributed by atoms with van der Waals surface area (Å²) in [5.41, 5.74) is 1.46. The van der Waals surface area contributed by atoms with E-state index in [-0.39, 0.29) is 5.57 Å². The molecular weight excluding hydrogens is 376 g/mol. The number of hydrogen-bond donors (Lipinski definition) is 1. The summed E-state index contributed by atoms with van der Waals surface area (Å²) in [6.45, 7) is 1.89. The number of amides is 4. The third-order valence-corrected chi connectivity index (χ3v) is 4.44. The van der Waals surface area contributed by atoms with E-state index in [1.807, 2.05) is 6.92 Å². The zero-order chi connectivity index (χ0) is 21.1. The summed E-state index contributed by atoms with van der Waals surface area (Å²) in [6.07, 6.45) is 1.34. The largest absolute Gasteiger partial charge is 0.496 e. The molecule has 0 aromatic heterocycles. The standard InChI is InChI=1S/C21H20N2O6/c1-12-5-7-13(8-6-12)23-20(25)16(19(24)22-21(23)26)11-15-17(28-3)9-14(27-2)10-18(15)29-4/h5-11H,1-4H3,(H,22,24,26)/b16-11+. The SMILES string of the molecule is COc1cc(OC)c(/C=C2\C(=O)NC(=O)N(c3ccc(C)cc3)C2=O)c(OC)c1. The van der Waals surface area contributed by atoms with Gasteiger partial charge >= 0.3 is 6.03 Å². The van der Waals surface area contributed by atoms with Crippen LogP contribution in [0.25, 0.3) is 6.08 Å². The van der Waals surface area contributed by atoms with Gasteiger partial charge in [0, 0.05) is 12.1 Å². The van der Waals surface area contributed by atoms with Crippen molar-refractivity contribution in [3.05, 3.63) is 53.1 Å². The number of methoxy groups -OCH3 is 3. The van der Waals surface area contributed by atoms with E-state index in [4.69, 9.17) is 14.2 Å². The molecule has 0 radical (unpaired) electrons. The molecule has 0 spiro atoms. The molecule has 1 aliphatic heterocycles. The predicted molar refractivity (Wildman–Crippen MR) is 106 cm³/mol. The minimum atomic E-state index is -0.810. The Labute approximate surface area is 167 Å². The topological polar surface area (TPSA) is 94.2 Å². The van der Waals surface area contributed by atoms with Crippen molar-refractivity contribution >= 4 is 29.6 Å². The molecule has 2 aromatic rings. The molecule has 0 bridgehead atoms. The number of rotatable bonds is 5. The minimum absolute atomic E-state index is 0.230. The number of nitrogens with zero attached hydrogens (tertiary/aromatic N) is 1. The maximum absolute atomic E-state index is 13.0. The van der Waals surface area contributed by atoms with E-state index in [2.05, 4.69) is 5.32 Å². The molecule has 0 aliphatic carbocycles. The van der Waals surface area contributed by atoms with Crippen molar-refractivity contribution in [3.63, 3.8) is 0 Å². The van der Waals surface area contributed by atoms with Crippen LogP contribution in [0.1, 0.15) is 11.1 Å². The fourth-order valence-electron chi connectivity index (χ4n) is 2.91. The van der Waals surface area contributed by atoms with Gasteiger partial charge < -0.3 is 14.2 Å². The van der Waals surface area contributed by atoms with Gasteiger partial charge in [0.2, 0.25) is 0 Å². The van der Waals surface area contributed by atoms with Crippen LogP contribution >= 0.6 is 0 Å². The number of benzene rings is 2. The van der Waals surface area contributed by atoms with E-state index in [9.17, 15) is 14.4 Å². The summed E-state index contributed by atoms with van der Waals surface area (Å²) in [7, 11) is 4.39. The van der Waals surface area contributed by atoms with Gasteiger partial charge in [0.05, 0.1) is 32.6 Å². The lowest BCUT2D eigenvalue weighted by Crippen LogP contribution is -2.54. The van der Waals surface area contributed by atoms with E-state index in [1.165, 1.54) is 27.4 Å². The number of imide groups is 2. The highest BCUT2D eigenvalue weighted by Gasteiger charge is 2.37. The first-order valence-corrected chi connectivity index (χ1v) is 8.67. The van der Waals surface area contributed by atoms with Crippen LogP contribution in [0.2, 0.25) is 0 Å². The predicted octanol–water partition coefficient (Wildman–Crippen LogP) is 2.69. The summed E-state index contributed by atoms with van der Waals surface area (Å²) in [5.74, 6) is -0.385. The Morgan fingerprint density at radius 3 is 2.00 bits per heavy atom. The Bertz CT molecular complexity index is 985. The highest BCUT2D eigenvalue weighted by atomic mass is 16.5. The summed E-state index contributed by atoms with van der Waals surface area (Å²) < 4.78 is 15.9. The number of carbonyl (C=O) groups excluding carboxylic acids is 3. The Morgan fingerprint density at radius 1 is 0.897 bits per heavy atom. The monoisotopic (exact) mass is 396 g/mol. The van der Waals surface area contributed by atoms with Gasteiger partial charge in [-0.15, -0.1) is 0 Å². The second-order valence-electron chi connectivity index (χ2n) is 6.24. The molecule has 29 heavy (non-hydrogen) atoms. The van der Waals surface area contributed by atoms with Crippen LogP contribution in [0.3, 0.4) is 0 Å². The minimum Gasteiger partial charge on any atom is -0.496 e. The molecule has 8 nitrogen and oxygen atoms in total. The molecule has 1 heterocycles. The molecule has 1 fully saturated rings. The Kier molecular flexibility index (Phi) is 5.54. The second kappa shape index (κ2) is 8.05. The third kappa shape index (κ3) is 3.77. The zero-order valence-electron chi connectivity index (χ0n) is 16.4. The number of anilines is 1. The van der Waals surface area contributed by atoms with Crippen molar-refractivity contribution in [2.75, 3.05) is 26.2 Å². The van der Waals surface area contributed by atoms with Gasteiger partial charge in [0.1, 0.15) is 22.8 Å². The fraction of sp³-hybridized carbons (Fsp3) is 0.190. The number of nitrogens with one attached hydrogen (secondary N) is 1. The highest BCUT2D eigenvalue weighted by molar-refractivity contribution is 6.39. The van der Waals surface area contributed by atoms with Crippen molar-refractivity contribution in [1.29, 1.82) is 0 Å². The van der Waals surface area contributed by atoms with Crippen LogP contribution in [-0.2, 0) is 9.59 Å². The first-order valence-electron chi connectivity index (χ1n) is 8.67. The van der Waals surface area contributed by atoms with Crippen molar-refractivity contribution < 1.29 is 28.6 Å². The molecule has 3 rings (SSSR count). The molecule has 4 amide bonds. The normalized spacial score (nSPS) is 15.4. The number of barbiturate groups is 1. The van der Waals surface area contributed by atoms with E-state index in [0.717, 1.165) is 10.5 Å². The first-order chi connectivity index (χ1) is 13.9. The van der Waals surface area contributed by atoms with Gasteiger partial charge in [-0.1, -0.05) is 17.7 Å². The average Bonchev–Trinajstić information content (AvgIpc) is 2.71. The second-order valence-corrected chi connectivity index (χ2v) is 6.24. The van der Waals surface area contributed by atoms with Crippen LogP contribution in [0.4, 0.5) is 10.5 Å². The van der Waals surface area contributed by atoms with Crippen LogP contribution in [0, 0.1) is 6.92 Å². The van der Waals surface area contributed by atoms with E-state index >= 15 is 0 Å². The zero-order valence-corrected chi connectivity index (χ0v) is 16.4. The van der Waals surface area contributed by atoms with Gasteiger partial charge in [0.25, 0.3) is 11.8 Å². The summed E-state index contributed by atoms with van der Waals surface area (Å²) in [4.78, 5) is 38.7. The van der Waals surface area contributed by atoms with Gasteiger partial charge in [-0.05, 0) is 25.1 Å². The smallest absolute Gasteiger partial charge is 0.335 e. The van der Waals surface area contributed by atoms with Crippen molar-refractivity contribution in [1.82, 2.24) is 5.32 Å². The Morgan fingerprint density at radius 2 is 1.48 bits per heavy atom. The van der Waals surface area contributed by atoms with Crippen molar-refractivity contribution in [2.45, 2.75) is 6.92 Å².